The molecule has 0 saturated heterocycles. The Hall–Kier alpha value is -1.79. The SMILES string of the molecule is CN(Cc1ccncc1)S(=O)(=O)c1ccccc1F. The lowest BCUT2D eigenvalue weighted by Crippen LogP contribution is -2.27. The van der Waals surface area contributed by atoms with Gasteiger partial charge in [-0.15, -0.1) is 0 Å². The Morgan fingerprint density at radius 1 is 1.16 bits per heavy atom. The Kier molecular flexibility index (Phi) is 3.92. The van der Waals surface area contributed by atoms with E-state index in [0.717, 1.165) is 15.9 Å². The lowest BCUT2D eigenvalue weighted by atomic mass is 10.3. The zero-order valence-corrected chi connectivity index (χ0v) is 11.1. The fraction of sp³-hybridized carbons (Fsp3) is 0.154. The first kappa shape index (κ1) is 13.6. The average Bonchev–Trinajstić information content (AvgIpc) is 2.40. The Morgan fingerprint density at radius 3 is 2.42 bits per heavy atom. The molecule has 0 N–H and O–H groups in total. The van der Waals surface area contributed by atoms with Crippen LogP contribution in [0.15, 0.2) is 53.7 Å². The quantitative estimate of drug-likeness (QED) is 0.861. The van der Waals surface area contributed by atoms with Crippen molar-refractivity contribution in [3.05, 3.63) is 60.2 Å². The van der Waals surface area contributed by atoms with Crippen molar-refractivity contribution in [1.29, 1.82) is 0 Å². The second kappa shape index (κ2) is 5.46. The number of pyridine rings is 1. The van der Waals surface area contributed by atoms with Crippen LogP contribution >= 0.6 is 0 Å². The fourth-order valence-electron chi connectivity index (χ4n) is 1.65. The Labute approximate surface area is 111 Å². The van der Waals surface area contributed by atoms with E-state index in [4.69, 9.17) is 0 Å². The second-order valence-corrected chi connectivity index (χ2v) is 6.06. The van der Waals surface area contributed by atoms with Crippen LogP contribution in [-0.4, -0.2) is 24.8 Å². The molecule has 0 fully saturated rings. The van der Waals surface area contributed by atoms with Crippen molar-refractivity contribution in [2.75, 3.05) is 7.05 Å². The Bertz CT molecular complexity index is 659. The van der Waals surface area contributed by atoms with Gasteiger partial charge in [0.25, 0.3) is 0 Å². The van der Waals surface area contributed by atoms with Gasteiger partial charge >= 0.3 is 0 Å². The summed E-state index contributed by atoms with van der Waals surface area (Å²) in [6.45, 7) is 0.166. The van der Waals surface area contributed by atoms with Crippen molar-refractivity contribution in [3.8, 4) is 0 Å². The smallest absolute Gasteiger partial charge is 0.246 e. The number of rotatable bonds is 4. The monoisotopic (exact) mass is 280 g/mol. The number of aromatic nitrogens is 1. The topological polar surface area (TPSA) is 50.3 Å². The second-order valence-electron chi connectivity index (χ2n) is 4.05. The third-order valence-corrected chi connectivity index (χ3v) is 4.52. The van der Waals surface area contributed by atoms with Gasteiger partial charge in [0.05, 0.1) is 0 Å². The van der Waals surface area contributed by atoms with Gasteiger partial charge in [-0.25, -0.2) is 12.8 Å². The van der Waals surface area contributed by atoms with Gasteiger partial charge < -0.3 is 0 Å². The number of sulfonamides is 1. The zero-order valence-electron chi connectivity index (χ0n) is 10.3. The summed E-state index contributed by atoms with van der Waals surface area (Å²) in [5, 5.41) is 0. The minimum Gasteiger partial charge on any atom is -0.265 e. The molecule has 1 aromatic heterocycles. The maximum absolute atomic E-state index is 13.6. The van der Waals surface area contributed by atoms with E-state index in [2.05, 4.69) is 4.98 Å². The molecular weight excluding hydrogens is 267 g/mol. The first-order chi connectivity index (χ1) is 9.01. The minimum atomic E-state index is -3.83. The van der Waals surface area contributed by atoms with E-state index in [1.165, 1.54) is 25.2 Å². The van der Waals surface area contributed by atoms with E-state index in [9.17, 15) is 12.8 Å². The maximum atomic E-state index is 13.6. The highest BCUT2D eigenvalue weighted by Gasteiger charge is 2.23. The Balaban J connectivity index is 2.28. The van der Waals surface area contributed by atoms with E-state index in [0.29, 0.717) is 0 Å². The first-order valence-corrected chi connectivity index (χ1v) is 7.05. The summed E-state index contributed by atoms with van der Waals surface area (Å²) in [6.07, 6.45) is 3.16. The molecule has 0 bridgehead atoms. The van der Waals surface area contributed by atoms with Gasteiger partial charge in [-0.3, -0.25) is 4.98 Å². The molecule has 2 rings (SSSR count). The third kappa shape index (κ3) is 2.97. The standard InChI is InChI=1S/C13H13FN2O2S/c1-16(10-11-6-8-15-9-7-11)19(17,18)13-5-3-2-4-12(13)14/h2-9H,10H2,1H3. The molecule has 0 aliphatic rings. The predicted molar refractivity (Wildman–Crippen MR) is 69.3 cm³/mol. The lowest BCUT2D eigenvalue weighted by molar-refractivity contribution is 0.459. The number of halogens is 1. The van der Waals surface area contributed by atoms with Crippen LogP contribution in [0.25, 0.3) is 0 Å². The average molecular weight is 280 g/mol. The van der Waals surface area contributed by atoms with E-state index in [-0.39, 0.29) is 11.4 Å². The summed E-state index contributed by atoms with van der Waals surface area (Å²) in [6, 6.07) is 8.77. The molecule has 0 aliphatic heterocycles. The van der Waals surface area contributed by atoms with Gasteiger partial charge in [0.15, 0.2) is 0 Å². The lowest BCUT2D eigenvalue weighted by Gasteiger charge is -2.17. The van der Waals surface area contributed by atoms with Gasteiger partial charge in [-0.1, -0.05) is 12.1 Å². The molecule has 0 unspecified atom stereocenters. The first-order valence-electron chi connectivity index (χ1n) is 5.61. The molecule has 6 heteroatoms. The van der Waals surface area contributed by atoms with Gasteiger partial charge in [0.1, 0.15) is 10.7 Å². The van der Waals surface area contributed by atoms with Crippen LogP contribution in [-0.2, 0) is 16.6 Å². The number of nitrogens with zero attached hydrogens (tertiary/aromatic N) is 2. The van der Waals surface area contributed by atoms with Gasteiger partial charge in [0.2, 0.25) is 10.0 Å². The summed E-state index contributed by atoms with van der Waals surface area (Å²) in [5.74, 6) is -0.746. The molecule has 2 aromatic rings. The molecule has 1 aromatic carbocycles. The normalized spacial score (nSPS) is 11.7. The fourth-order valence-corrected chi connectivity index (χ4v) is 2.87. The molecule has 4 nitrogen and oxygen atoms in total. The van der Waals surface area contributed by atoms with Crippen molar-refractivity contribution >= 4 is 10.0 Å². The van der Waals surface area contributed by atoms with Crippen molar-refractivity contribution in [3.63, 3.8) is 0 Å². The summed E-state index contributed by atoms with van der Waals surface area (Å²) >= 11 is 0. The summed E-state index contributed by atoms with van der Waals surface area (Å²) in [7, 11) is -2.41. The van der Waals surface area contributed by atoms with Crippen LogP contribution in [0.2, 0.25) is 0 Å². The molecule has 19 heavy (non-hydrogen) atoms. The summed E-state index contributed by atoms with van der Waals surface area (Å²) in [5.41, 5.74) is 0.789. The van der Waals surface area contributed by atoms with Gasteiger partial charge in [0, 0.05) is 26.0 Å². The number of hydrogen-bond acceptors (Lipinski definition) is 3. The van der Waals surface area contributed by atoms with Crippen LogP contribution in [0.4, 0.5) is 4.39 Å². The zero-order chi connectivity index (χ0) is 13.9. The predicted octanol–water partition coefficient (Wildman–Crippen LogP) is 2.04. The van der Waals surface area contributed by atoms with Crippen molar-refractivity contribution < 1.29 is 12.8 Å². The van der Waals surface area contributed by atoms with Gasteiger partial charge in [-0.05, 0) is 29.8 Å². The van der Waals surface area contributed by atoms with Crippen LogP contribution in [0.5, 0.6) is 0 Å². The van der Waals surface area contributed by atoms with E-state index >= 15 is 0 Å². The largest absolute Gasteiger partial charge is 0.265 e. The minimum absolute atomic E-state index is 0.166. The van der Waals surface area contributed by atoms with Crippen LogP contribution in [0, 0.1) is 5.82 Å². The molecule has 0 saturated carbocycles. The molecule has 0 radical (unpaired) electrons. The highest BCUT2D eigenvalue weighted by molar-refractivity contribution is 7.89. The van der Waals surface area contributed by atoms with Crippen LogP contribution < -0.4 is 0 Å². The Morgan fingerprint density at radius 2 is 1.79 bits per heavy atom. The number of hydrogen-bond donors (Lipinski definition) is 0. The molecule has 0 atom stereocenters. The van der Waals surface area contributed by atoms with Crippen LogP contribution in [0.1, 0.15) is 5.56 Å². The molecular formula is C13H13FN2O2S. The van der Waals surface area contributed by atoms with Gasteiger partial charge in [-0.2, -0.15) is 4.31 Å². The van der Waals surface area contributed by atoms with E-state index in [1.807, 2.05) is 0 Å². The van der Waals surface area contributed by atoms with Crippen molar-refractivity contribution in [1.82, 2.24) is 9.29 Å². The highest BCUT2D eigenvalue weighted by Crippen LogP contribution is 2.19. The molecule has 0 aliphatic carbocycles. The highest BCUT2D eigenvalue weighted by atomic mass is 32.2. The van der Waals surface area contributed by atoms with E-state index < -0.39 is 15.8 Å². The molecule has 1 heterocycles. The molecule has 0 spiro atoms. The summed E-state index contributed by atoms with van der Waals surface area (Å²) in [4.78, 5) is 3.55. The molecule has 100 valence electrons. The van der Waals surface area contributed by atoms with Crippen molar-refractivity contribution in [2.45, 2.75) is 11.4 Å². The maximum Gasteiger partial charge on any atom is 0.246 e. The van der Waals surface area contributed by atoms with Crippen LogP contribution in [0.3, 0.4) is 0 Å². The summed E-state index contributed by atoms with van der Waals surface area (Å²) < 4.78 is 39.1. The third-order valence-electron chi connectivity index (χ3n) is 2.68. The number of benzene rings is 1. The van der Waals surface area contributed by atoms with E-state index in [1.54, 1.807) is 24.5 Å². The molecule has 0 amide bonds. The van der Waals surface area contributed by atoms with Crippen molar-refractivity contribution in [2.24, 2.45) is 0 Å².